The zero-order valence-electron chi connectivity index (χ0n) is 16.5. The van der Waals surface area contributed by atoms with Gasteiger partial charge in [-0.05, 0) is 43.2 Å². The summed E-state index contributed by atoms with van der Waals surface area (Å²) in [4.78, 5) is 40.9. The van der Waals surface area contributed by atoms with Gasteiger partial charge in [-0.3, -0.25) is 14.4 Å². The van der Waals surface area contributed by atoms with Crippen LogP contribution in [-0.4, -0.2) is 34.5 Å². The van der Waals surface area contributed by atoms with E-state index in [1.807, 2.05) is 0 Å². The normalized spacial score (nSPS) is 25.4. The summed E-state index contributed by atoms with van der Waals surface area (Å²) in [5, 5.41) is 3.21. The molecule has 1 heterocycles. The number of hydrogen-bond donors (Lipinski definition) is 1. The molecule has 1 aliphatic heterocycles. The minimum Gasteiger partial charge on any atom is -0.495 e. The summed E-state index contributed by atoms with van der Waals surface area (Å²) < 4.78 is 5.28. The highest BCUT2D eigenvalue weighted by molar-refractivity contribution is 9.12. The predicted octanol–water partition coefficient (Wildman–Crippen LogP) is 5.03. The van der Waals surface area contributed by atoms with Crippen molar-refractivity contribution in [2.75, 3.05) is 17.3 Å². The lowest BCUT2D eigenvalue weighted by atomic mass is 9.81. The Morgan fingerprint density at radius 2 is 1.68 bits per heavy atom. The highest BCUT2D eigenvalue weighted by Crippen LogP contribution is 2.45. The molecule has 1 saturated heterocycles. The third-order valence-electron chi connectivity index (χ3n) is 5.71. The third kappa shape index (κ3) is 4.13. The number of nitrogens with zero attached hydrogens (tertiary/aromatic N) is 1. The molecule has 2 aromatic carbocycles. The van der Waals surface area contributed by atoms with Crippen LogP contribution in [0.1, 0.15) is 23.2 Å². The van der Waals surface area contributed by atoms with Gasteiger partial charge in [0.15, 0.2) is 0 Å². The standard InChI is InChI=1S/C22H19Br2ClN2O4/c1-31-19-7-6-11(25)8-17(19)26-20(28)12-4-2-3-5-18(12)27-21(29)13-9-15(23)16(24)10-14(13)22(27)30/h2-8,13-16H,9-10H2,1H3,(H,26,28)/t13-,14-,15-,16+/m1/s1. The molecule has 0 radical (unpaired) electrons. The van der Waals surface area contributed by atoms with E-state index in [-0.39, 0.29) is 32.7 Å². The molecule has 1 saturated carbocycles. The van der Waals surface area contributed by atoms with Gasteiger partial charge in [0.1, 0.15) is 5.75 Å². The van der Waals surface area contributed by atoms with Gasteiger partial charge in [-0.15, -0.1) is 0 Å². The van der Waals surface area contributed by atoms with E-state index in [1.54, 1.807) is 42.5 Å². The van der Waals surface area contributed by atoms with Crippen LogP contribution in [0, 0.1) is 11.8 Å². The summed E-state index contributed by atoms with van der Waals surface area (Å²) in [7, 11) is 1.49. The Morgan fingerprint density at radius 3 is 2.29 bits per heavy atom. The maximum atomic E-state index is 13.2. The van der Waals surface area contributed by atoms with Crippen LogP contribution in [0.2, 0.25) is 5.02 Å². The van der Waals surface area contributed by atoms with Gasteiger partial charge in [0.05, 0.1) is 35.9 Å². The predicted molar refractivity (Wildman–Crippen MR) is 127 cm³/mol. The number of para-hydroxylation sites is 1. The quantitative estimate of drug-likeness (QED) is 0.414. The maximum absolute atomic E-state index is 13.2. The first-order valence-corrected chi connectivity index (χ1v) is 11.9. The number of alkyl halides is 2. The van der Waals surface area contributed by atoms with Crippen LogP contribution in [0.25, 0.3) is 0 Å². The van der Waals surface area contributed by atoms with Crippen molar-refractivity contribution in [1.82, 2.24) is 0 Å². The minimum atomic E-state index is -0.469. The molecule has 4 atom stereocenters. The lowest BCUT2D eigenvalue weighted by molar-refractivity contribution is -0.122. The molecule has 0 unspecified atom stereocenters. The van der Waals surface area contributed by atoms with Gasteiger partial charge in [0.2, 0.25) is 11.8 Å². The molecule has 1 N–H and O–H groups in total. The topological polar surface area (TPSA) is 75.7 Å². The number of benzene rings is 2. The van der Waals surface area contributed by atoms with Crippen molar-refractivity contribution in [3.05, 3.63) is 53.1 Å². The summed E-state index contributed by atoms with van der Waals surface area (Å²) >= 11 is 13.2. The van der Waals surface area contributed by atoms with E-state index in [0.717, 1.165) is 0 Å². The average molecular weight is 571 g/mol. The molecule has 2 fully saturated rings. The number of fused-ring (bicyclic) bond motifs is 1. The molecular formula is C22H19Br2ClN2O4. The molecule has 162 valence electrons. The van der Waals surface area contributed by atoms with Gasteiger partial charge in [-0.2, -0.15) is 0 Å². The van der Waals surface area contributed by atoms with E-state index in [2.05, 4.69) is 37.2 Å². The van der Waals surface area contributed by atoms with E-state index < -0.39 is 17.7 Å². The van der Waals surface area contributed by atoms with E-state index >= 15 is 0 Å². The van der Waals surface area contributed by atoms with Gasteiger partial charge >= 0.3 is 0 Å². The maximum Gasteiger partial charge on any atom is 0.257 e. The van der Waals surface area contributed by atoms with Crippen molar-refractivity contribution in [2.45, 2.75) is 22.5 Å². The summed E-state index contributed by atoms with van der Waals surface area (Å²) in [6.07, 6.45) is 1.13. The van der Waals surface area contributed by atoms with Crippen molar-refractivity contribution in [2.24, 2.45) is 11.8 Å². The Kier molecular flexibility index (Phi) is 6.42. The summed E-state index contributed by atoms with van der Waals surface area (Å²) in [6.45, 7) is 0. The first-order chi connectivity index (χ1) is 14.8. The molecule has 6 nitrogen and oxygen atoms in total. The second kappa shape index (κ2) is 8.92. The Balaban J connectivity index is 1.67. The molecule has 4 rings (SSSR count). The number of nitrogens with one attached hydrogen (secondary N) is 1. The average Bonchev–Trinajstić information content (AvgIpc) is 2.98. The smallest absolute Gasteiger partial charge is 0.257 e. The Bertz CT molecular complexity index is 1040. The Labute approximate surface area is 201 Å². The summed E-state index contributed by atoms with van der Waals surface area (Å²) in [5.41, 5.74) is 0.894. The van der Waals surface area contributed by atoms with Crippen molar-refractivity contribution in [3.63, 3.8) is 0 Å². The highest BCUT2D eigenvalue weighted by Gasteiger charge is 2.52. The van der Waals surface area contributed by atoms with Crippen LogP contribution in [0.4, 0.5) is 11.4 Å². The van der Waals surface area contributed by atoms with E-state index in [4.69, 9.17) is 16.3 Å². The molecule has 1 aliphatic carbocycles. The van der Waals surface area contributed by atoms with Crippen molar-refractivity contribution < 1.29 is 19.1 Å². The molecule has 2 aromatic rings. The second-order valence-corrected chi connectivity index (χ2v) is 10.3. The third-order valence-corrected chi connectivity index (χ3v) is 8.68. The van der Waals surface area contributed by atoms with Crippen molar-refractivity contribution in [3.8, 4) is 5.75 Å². The number of carbonyl (C=O) groups excluding carboxylic acids is 3. The zero-order valence-corrected chi connectivity index (χ0v) is 20.4. The van der Waals surface area contributed by atoms with Crippen molar-refractivity contribution in [1.29, 1.82) is 0 Å². The van der Waals surface area contributed by atoms with E-state index in [0.29, 0.717) is 29.3 Å². The van der Waals surface area contributed by atoms with Crippen LogP contribution in [-0.2, 0) is 9.59 Å². The number of anilines is 2. The van der Waals surface area contributed by atoms with Crippen LogP contribution in [0.15, 0.2) is 42.5 Å². The van der Waals surface area contributed by atoms with Crippen LogP contribution in [0.5, 0.6) is 5.75 Å². The highest BCUT2D eigenvalue weighted by atomic mass is 79.9. The van der Waals surface area contributed by atoms with Gasteiger partial charge in [-0.1, -0.05) is 55.6 Å². The SMILES string of the molecule is COc1ccc(Cl)cc1NC(=O)c1ccccc1N1C(=O)[C@@H]2C[C@@H](Br)[C@@H](Br)C[C@H]2C1=O. The van der Waals surface area contributed by atoms with E-state index in [9.17, 15) is 14.4 Å². The number of amides is 3. The fourth-order valence-corrected chi connectivity index (χ4v) is 5.57. The number of ether oxygens (including phenoxy) is 1. The molecule has 0 spiro atoms. The van der Waals surface area contributed by atoms with E-state index in [1.165, 1.54) is 12.0 Å². The first-order valence-electron chi connectivity index (χ1n) is 9.71. The van der Waals surface area contributed by atoms with Crippen LogP contribution >= 0.6 is 43.5 Å². The fraction of sp³-hybridized carbons (Fsp3) is 0.318. The first kappa shape index (κ1) is 22.3. The molecule has 2 aliphatic rings. The Morgan fingerprint density at radius 1 is 1.06 bits per heavy atom. The molecule has 9 heteroatoms. The molecule has 0 aromatic heterocycles. The monoisotopic (exact) mass is 568 g/mol. The second-order valence-electron chi connectivity index (χ2n) is 7.54. The Hall–Kier alpha value is -1.90. The van der Waals surface area contributed by atoms with Gasteiger partial charge in [0, 0.05) is 14.7 Å². The number of hydrogen-bond acceptors (Lipinski definition) is 4. The largest absolute Gasteiger partial charge is 0.495 e. The number of rotatable bonds is 4. The fourth-order valence-electron chi connectivity index (χ4n) is 4.16. The minimum absolute atomic E-state index is 0.110. The number of methoxy groups -OCH3 is 1. The summed E-state index contributed by atoms with van der Waals surface area (Å²) in [5.74, 6) is -1.34. The number of imide groups is 1. The molecule has 3 amide bonds. The molecule has 0 bridgehead atoms. The van der Waals surface area contributed by atoms with Gasteiger partial charge in [-0.25, -0.2) is 4.90 Å². The van der Waals surface area contributed by atoms with Crippen LogP contribution < -0.4 is 15.0 Å². The molecular weight excluding hydrogens is 552 g/mol. The zero-order chi connectivity index (χ0) is 22.3. The van der Waals surface area contributed by atoms with Crippen molar-refractivity contribution >= 4 is 72.6 Å². The van der Waals surface area contributed by atoms with Gasteiger partial charge in [0.25, 0.3) is 5.91 Å². The van der Waals surface area contributed by atoms with Crippen LogP contribution in [0.3, 0.4) is 0 Å². The summed E-state index contributed by atoms with van der Waals surface area (Å²) in [6, 6.07) is 11.5. The lowest BCUT2D eigenvalue weighted by Crippen LogP contribution is -2.34. The van der Waals surface area contributed by atoms with Gasteiger partial charge < -0.3 is 10.1 Å². The number of halogens is 3. The lowest BCUT2D eigenvalue weighted by Gasteiger charge is -2.29. The molecule has 31 heavy (non-hydrogen) atoms. The number of carbonyl (C=O) groups is 3.